The molecule has 0 aliphatic carbocycles. The molecule has 0 spiro atoms. The van der Waals surface area contributed by atoms with Crippen molar-refractivity contribution < 1.29 is 23.1 Å². The lowest BCUT2D eigenvalue weighted by atomic mass is 10.0. The molecule has 0 saturated carbocycles. The summed E-state index contributed by atoms with van der Waals surface area (Å²) in [4.78, 5) is 11.9. The van der Waals surface area contributed by atoms with Gasteiger partial charge in [-0.3, -0.25) is 4.79 Å². The lowest BCUT2D eigenvalue weighted by Gasteiger charge is -2.20. The lowest BCUT2D eigenvalue weighted by Crippen LogP contribution is -2.37. The van der Waals surface area contributed by atoms with Gasteiger partial charge in [0.15, 0.2) is 11.6 Å². The van der Waals surface area contributed by atoms with Crippen molar-refractivity contribution in [2.75, 3.05) is 0 Å². The third-order valence-electron chi connectivity index (χ3n) is 3.70. The fraction of sp³-hybridized carbons (Fsp3) is 0.278. The second-order valence-electron chi connectivity index (χ2n) is 5.60. The Bertz CT molecular complexity index is 704. The number of aliphatic hydroxyl groups excluding tert-OH is 1. The highest BCUT2D eigenvalue weighted by molar-refractivity contribution is 5.76. The third-order valence-corrected chi connectivity index (χ3v) is 3.70. The summed E-state index contributed by atoms with van der Waals surface area (Å²) in [5.74, 6) is -2.62. The van der Waals surface area contributed by atoms with E-state index in [-0.39, 0.29) is 18.7 Å². The number of aryl methyl sites for hydroxylation is 1. The van der Waals surface area contributed by atoms with Crippen LogP contribution in [-0.2, 0) is 11.2 Å². The molecule has 0 aromatic heterocycles. The predicted octanol–water partition coefficient (Wildman–Crippen LogP) is 3.27. The van der Waals surface area contributed by atoms with Crippen LogP contribution in [-0.4, -0.2) is 17.1 Å². The van der Waals surface area contributed by atoms with Gasteiger partial charge in [0.05, 0.1) is 12.1 Å². The van der Waals surface area contributed by atoms with Gasteiger partial charge in [0, 0.05) is 6.42 Å². The maximum atomic E-state index is 13.1. The van der Waals surface area contributed by atoms with Crippen LogP contribution in [0.3, 0.4) is 0 Å². The Morgan fingerprint density at radius 1 is 1.08 bits per heavy atom. The number of nitrogens with one attached hydrogen (secondary N) is 1. The van der Waals surface area contributed by atoms with Crippen LogP contribution in [0.2, 0.25) is 0 Å². The molecule has 0 saturated heterocycles. The Morgan fingerprint density at radius 2 is 1.75 bits per heavy atom. The minimum Gasteiger partial charge on any atom is -0.386 e. The second-order valence-corrected chi connectivity index (χ2v) is 5.60. The van der Waals surface area contributed by atoms with Gasteiger partial charge in [-0.05, 0) is 48.7 Å². The average Bonchev–Trinajstić information content (AvgIpc) is 2.56. The van der Waals surface area contributed by atoms with E-state index >= 15 is 0 Å². The van der Waals surface area contributed by atoms with Crippen molar-refractivity contribution in [2.45, 2.75) is 31.9 Å². The van der Waals surface area contributed by atoms with Crippen LogP contribution in [0.1, 0.15) is 30.6 Å². The van der Waals surface area contributed by atoms with Crippen molar-refractivity contribution in [2.24, 2.45) is 0 Å². The monoisotopic (exact) mass is 337 g/mol. The molecular formula is C18H18F3NO2. The highest BCUT2D eigenvalue weighted by Gasteiger charge is 2.18. The zero-order valence-corrected chi connectivity index (χ0v) is 13.1. The fourth-order valence-corrected chi connectivity index (χ4v) is 2.31. The summed E-state index contributed by atoms with van der Waals surface area (Å²) in [5, 5.41) is 12.8. The van der Waals surface area contributed by atoms with E-state index in [1.165, 1.54) is 30.3 Å². The molecular weight excluding hydrogens is 319 g/mol. The number of benzene rings is 2. The molecule has 0 radical (unpaired) electrons. The van der Waals surface area contributed by atoms with E-state index in [1.54, 1.807) is 6.92 Å². The van der Waals surface area contributed by atoms with Crippen molar-refractivity contribution in [3.05, 3.63) is 71.0 Å². The van der Waals surface area contributed by atoms with Gasteiger partial charge >= 0.3 is 0 Å². The van der Waals surface area contributed by atoms with Gasteiger partial charge in [0.2, 0.25) is 5.91 Å². The molecule has 0 aliphatic rings. The molecule has 0 bridgehead atoms. The first-order valence-corrected chi connectivity index (χ1v) is 7.53. The van der Waals surface area contributed by atoms with Crippen LogP contribution in [0.25, 0.3) is 0 Å². The number of aliphatic hydroxyl groups is 1. The summed E-state index contributed by atoms with van der Waals surface area (Å²) in [6, 6.07) is 8.28. The highest BCUT2D eigenvalue weighted by Crippen LogP contribution is 2.17. The molecule has 24 heavy (non-hydrogen) atoms. The molecule has 2 rings (SSSR count). The first-order chi connectivity index (χ1) is 11.4. The van der Waals surface area contributed by atoms with E-state index in [2.05, 4.69) is 5.32 Å². The standard InChI is InChI=1S/C18H18F3NO2/c1-11(18(24)13-4-6-14(19)7-5-13)22-17(23)9-3-12-2-8-15(20)16(21)10-12/h2,4-8,10-11,18,24H,3,9H2,1H3,(H,22,23). The molecule has 0 heterocycles. The SMILES string of the molecule is CC(NC(=O)CCc1ccc(F)c(F)c1)C(O)c1ccc(F)cc1. The summed E-state index contributed by atoms with van der Waals surface area (Å²) in [5.41, 5.74) is 1.00. The molecule has 2 N–H and O–H groups in total. The largest absolute Gasteiger partial charge is 0.386 e. The summed E-state index contributed by atoms with van der Waals surface area (Å²) >= 11 is 0. The normalized spacial score (nSPS) is 13.4. The molecule has 6 heteroatoms. The van der Waals surface area contributed by atoms with E-state index in [1.807, 2.05) is 0 Å². The summed E-state index contributed by atoms with van der Waals surface area (Å²) in [6.07, 6.45) is -0.647. The van der Waals surface area contributed by atoms with Gasteiger partial charge in [-0.25, -0.2) is 13.2 Å². The number of halogens is 3. The Morgan fingerprint density at radius 3 is 2.38 bits per heavy atom. The Kier molecular flexibility index (Phi) is 5.98. The third kappa shape index (κ3) is 4.83. The van der Waals surface area contributed by atoms with E-state index < -0.39 is 29.6 Å². The van der Waals surface area contributed by atoms with Gasteiger partial charge < -0.3 is 10.4 Å². The molecule has 2 atom stereocenters. The van der Waals surface area contributed by atoms with Crippen molar-refractivity contribution >= 4 is 5.91 Å². The molecule has 0 fully saturated rings. The minimum absolute atomic E-state index is 0.0750. The Hall–Kier alpha value is -2.34. The number of amides is 1. The zero-order valence-electron chi connectivity index (χ0n) is 13.1. The topological polar surface area (TPSA) is 49.3 Å². The molecule has 2 aromatic rings. The van der Waals surface area contributed by atoms with Gasteiger partial charge in [-0.15, -0.1) is 0 Å². The lowest BCUT2D eigenvalue weighted by molar-refractivity contribution is -0.122. The maximum absolute atomic E-state index is 13.1. The molecule has 3 nitrogen and oxygen atoms in total. The van der Waals surface area contributed by atoms with Crippen molar-refractivity contribution in [3.63, 3.8) is 0 Å². The first kappa shape index (κ1) is 18.0. The summed E-state index contributed by atoms with van der Waals surface area (Å²) in [6.45, 7) is 1.63. The van der Waals surface area contributed by atoms with E-state index in [4.69, 9.17) is 0 Å². The Balaban J connectivity index is 1.86. The highest BCUT2D eigenvalue weighted by atomic mass is 19.2. The molecule has 0 aliphatic heterocycles. The number of carbonyl (C=O) groups is 1. The van der Waals surface area contributed by atoms with Gasteiger partial charge in [0.25, 0.3) is 0 Å². The predicted molar refractivity (Wildman–Crippen MR) is 83.6 cm³/mol. The molecule has 2 unspecified atom stereocenters. The zero-order chi connectivity index (χ0) is 17.7. The molecule has 2 aromatic carbocycles. The van der Waals surface area contributed by atoms with Crippen LogP contribution < -0.4 is 5.32 Å². The molecule has 128 valence electrons. The quantitative estimate of drug-likeness (QED) is 0.850. The van der Waals surface area contributed by atoms with Crippen LogP contribution >= 0.6 is 0 Å². The number of hydrogen-bond donors (Lipinski definition) is 2. The van der Waals surface area contributed by atoms with Gasteiger partial charge in [-0.1, -0.05) is 18.2 Å². The van der Waals surface area contributed by atoms with E-state index in [9.17, 15) is 23.1 Å². The van der Waals surface area contributed by atoms with E-state index in [0.717, 1.165) is 12.1 Å². The van der Waals surface area contributed by atoms with Gasteiger partial charge in [-0.2, -0.15) is 0 Å². The van der Waals surface area contributed by atoms with Crippen LogP contribution in [0.15, 0.2) is 42.5 Å². The maximum Gasteiger partial charge on any atom is 0.220 e. The first-order valence-electron chi connectivity index (χ1n) is 7.53. The number of carbonyl (C=O) groups excluding carboxylic acids is 1. The van der Waals surface area contributed by atoms with E-state index in [0.29, 0.717) is 11.1 Å². The molecule has 1 amide bonds. The average molecular weight is 337 g/mol. The number of hydrogen-bond acceptors (Lipinski definition) is 2. The van der Waals surface area contributed by atoms with Crippen molar-refractivity contribution in [1.29, 1.82) is 0 Å². The Labute approximate surface area is 138 Å². The second kappa shape index (κ2) is 7.97. The summed E-state index contributed by atoms with van der Waals surface area (Å²) < 4.78 is 38.8. The summed E-state index contributed by atoms with van der Waals surface area (Å²) in [7, 11) is 0. The number of rotatable bonds is 6. The van der Waals surface area contributed by atoms with Crippen molar-refractivity contribution in [1.82, 2.24) is 5.32 Å². The van der Waals surface area contributed by atoms with Crippen molar-refractivity contribution in [3.8, 4) is 0 Å². The smallest absolute Gasteiger partial charge is 0.220 e. The van der Waals surface area contributed by atoms with Gasteiger partial charge in [0.1, 0.15) is 5.82 Å². The fourth-order valence-electron chi connectivity index (χ4n) is 2.31. The van der Waals surface area contributed by atoms with Crippen LogP contribution in [0, 0.1) is 17.5 Å². The van der Waals surface area contributed by atoms with Crippen LogP contribution in [0.5, 0.6) is 0 Å². The minimum atomic E-state index is -0.974. The van der Waals surface area contributed by atoms with Crippen LogP contribution in [0.4, 0.5) is 13.2 Å².